The molecule has 1 heterocycles. The number of halogens is 1. The number of aryl methyl sites for hydroxylation is 1. The van der Waals surface area contributed by atoms with Gasteiger partial charge in [-0.25, -0.2) is 0 Å². The molecule has 2 aromatic rings. The number of fused-ring (bicyclic) bond motifs is 1. The molecule has 4 heteroatoms. The first-order chi connectivity index (χ1) is 9.79. The number of thiophene rings is 1. The number of hydrogen-bond donors (Lipinski definition) is 1. The van der Waals surface area contributed by atoms with Gasteiger partial charge in [0.2, 0.25) is 0 Å². The Hall–Kier alpha value is -0.840. The van der Waals surface area contributed by atoms with Crippen molar-refractivity contribution in [1.29, 1.82) is 0 Å². The van der Waals surface area contributed by atoms with Crippen molar-refractivity contribution in [3.8, 4) is 0 Å². The molecule has 1 aromatic heterocycles. The van der Waals surface area contributed by atoms with Crippen LogP contribution in [-0.2, 0) is 17.8 Å². The van der Waals surface area contributed by atoms with Crippen LogP contribution in [0.3, 0.4) is 0 Å². The van der Waals surface area contributed by atoms with E-state index in [0.29, 0.717) is 12.6 Å². The van der Waals surface area contributed by atoms with E-state index in [2.05, 4.69) is 50.9 Å². The van der Waals surface area contributed by atoms with E-state index in [9.17, 15) is 0 Å². The average molecular weight is 352 g/mol. The van der Waals surface area contributed by atoms with Gasteiger partial charge in [0.15, 0.2) is 0 Å². The summed E-state index contributed by atoms with van der Waals surface area (Å²) in [5.41, 5.74) is 3.84. The second-order valence-electron chi connectivity index (χ2n) is 5.09. The zero-order valence-corrected chi connectivity index (χ0v) is 13.9. The van der Waals surface area contributed by atoms with E-state index in [0.717, 1.165) is 4.47 Å². The molecule has 20 heavy (non-hydrogen) atoms. The van der Waals surface area contributed by atoms with Crippen molar-refractivity contribution in [2.45, 2.75) is 31.9 Å². The maximum Gasteiger partial charge on any atom is 0.0744 e. The molecule has 3 rings (SSSR count). The Morgan fingerprint density at radius 3 is 3.15 bits per heavy atom. The zero-order valence-electron chi connectivity index (χ0n) is 11.5. The highest BCUT2D eigenvalue weighted by molar-refractivity contribution is 9.10. The molecular formula is C16H18BrNOS. The van der Waals surface area contributed by atoms with Crippen molar-refractivity contribution in [1.82, 2.24) is 0 Å². The molecule has 1 N–H and O–H groups in total. The standard InChI is InChI=1S/C16H18BrNOS/c1-19-10-12-13(17)4-2-5-15(12)18-14-6-3-7-16-11(14)8-9-20-16/h2,4-5,8-9,14,18H,3,6-7,10H2,1H3. The fourth-order valence-electron chi connectivity index (χ4n) is 2.81. The number of anilines is 1. The number of benzene rings is 1. The third-order valence-corrected chi connectivity index (χ3v) is 5.53. The number of ether oxygens (including phenoxy) is 1. The van der Waals surface area contributed by atoms with Crippen LogP contribution < -0.4 is 5.32 Å². The molecule has 106 valence electrons. The molecular weight excluding hydrogens is 334 g/mol. The molecule has 0 saturated carbocycles. The lowest BCUT2D eigenvalue weighted by Crippen LogP contribution is -2.16. The van der Waals surface area contributed by atoms with Crippen LogP contribution >= 0.6 is 27.3 Å². The molecule has 0 amide bonds. The highest BCUT2D eigenvalue weighted by atomic mass is 79.9. The fourth-order valence-corrected chi connectivity index (χ4v) is 4.28. The molecule has 0 fully saturated rings. The lowest BCUT2D eigenvalue weighted by Gasteiger charge is -2.26. The van der Waals surface area contributed by atoms with E-state index in [-0.39, 0.29) is 0 Å². The third-order valence-electron chi connectivity index (χ3n) is 3.79. The minimum Gasteiger partial charge on any atom is -0.380 e. The van der Waals surface area contributed by atoms with E-state index in [1.54, 1.807) is 7.11 Å². The Bertz CT molecular complexity index is 596. The van der Waals surface area contributed by atoms with Crippen LogP contribution in [0, 0.1) is 0 Å². The molecule has 1 aromatic carbocycles. The van der Waals surface area contributed by atoms with E-state index in [4.69, 9.17) is 4.74 Å². The largest absolute Gasteiger partial charge is 0.380 e. The molecule has 0 spiro atoms. The van der Waals surface area contributed by atoms with Crippen molar-refractivity contribution >= 4 is 33.0 Å². The van der Waals surface area contributed by atoms with Crippen LogP contribution in [0.2, 0.25) is 0 Å². The first-order valence-electron chi connectivity index (χ1n) is 6.88. The predicted molar refractivity (Wildman–Crippen MR) is 88.5 cm³/mol. The molecule has 1 aliphatic carbocycles. The lowest BCUT2D eigenvalue weighted by molar-refractivity contribution is 0.185. The summed E-state index contributed by atoms with van der Waals surface area (Å²) in [4.78, 5) is 1.54. The fraction of sp³-hybridized carbons (Fsp3) is 0.375. The summed E-state index contributed by atoms with van der Waals surface area (Å²) in [5, 5.41) is 5.92. The molecule has 1 unspecified atom stereocenters. The summed E-state index contributed by atoms with van der Waals surface area (Å²) >= 11 is 5.50. The van der Waals surface area contributed by atoms with Gasteiger partial charge in [0.1, 0.15) is 0 Å². The van der Waals surface area contributed by atoms with Crippen molar-refractivity contribution in [3.05, 3.63) is 50.1 Å². The summed E-state index contributed by atoms with van der Waals surface area (Å²) in [6, 6.07) is 8.97. The van der Waals surface area contributed by atoms with Gasteiger partial charge < -0.3 is 10.1 Å². The minimum absolute atomic E-state index is 0.426. The number of methoxy groups -OCH3 is 1. The quantitative estimate of drug-likeness (QED) is 0.822. The second-order valence-corrected chi connectivity index (χ2v) is 6.94. The van der Waals surface area contributed by atoms with Crippen LogP contribution in [0.1, 0.15) is 34.9 Å². The number of rotatable bonds is 4. The summed E-state index contributed by atoms with van der Waals surface area (Å²) in [5.74, 6) is 0. The van der Waals surface area contributed by atoms with Gasteiger partial charge in [-0.1, -0.05) is 22.0 Å². The Morgan fingerprint density at radius 1 is 1.40 bits per heavy atom. The molecule has 0 saturated heterocycles. The minimum atomic E-state index is 0.426. The van der Waals surface area contributed by atoms with Crippen LogP contribution in [-0.4, -0.2) is 7.11 Å². The second kappa shape index (κ2) is 6.29. The van der Waals surface area contributed by atoms with Crippen LogP contribution in [0.25, 0.3) is 0 Å². The summed E-state index contributed by atoms with van der Waals surface area (Å²) in [7, 11) is 1.74. The first-order valence-corrected chi connectivity index (χ1v) is 8.56. The van der Waals surface area contributed by atoms with Crippen LogP contribution in [0.5, 0.6) is 0 Å². The van der Waals surface area contributed by atoms with Gasteiger partial charge in [0.25, 0.3) is 0 Å². The van der Waals surface area contributed by atoms with Crippen molar-refractivity contribution in [2.75, 3.05) is 12.4 Å². The Balaban J connectivity index is 1.88. The maximum atomic E-state index is 5.33. The number of nitrogens with one attached hydrogen (secondary N) is 1. The zero-order chi connectivity index (χ0) is 13.9. The summed E-state index contributed by atoms with van der Waals surface area (Å²) in [6.07, 6.45) is 3.69. The van der Waals surface area contributed by atoms with Gasteiger partial charge in [-0.05, 0) is 48.4 Å². The SMILES string of the molecule is COCc1c(Br)cccc1NC1CCCc2sccc21. The Kier molecular flexibility index (Phi) is 4.44. The monoisotopic (exact) mass is 351 g/mol. The maximum absolute atomic E-state index is 5.33. The van der Waals surface area contributed by atoms with Gasteiger partial charge in [-0.3, -0.25) is 0 Å². The Morgan fingerprint density at radius 2 is 2.30 bits per heavy atom. The molecule has 1 atom stereocenters. The first kappa shape index (κ1) is 14.1. The van der Waals surface area contributed by atoms with E-state index in [1.165, 1.54) is 41.0 Å². The van der Waals surface area contributed by atoms with Crippen LogP contribution in [0.15, 0.2) is 34.1 Å². The Labute approximate surface area is 132 Å². The predicted octanol–water partition coefficient (Wildman–Crippen LogP) is 5.15. The number of hydrogen-bond acceptors (Lipinski definition) is 3. The van der Waals surface area contributed by atoms with Gasteiger partial charge in [-0.15, -0.1) is 11.3 Å². The normalized spacial score (nSPS) is 17.8. The van der Waals surface area contributed by atoms with Gasteiger partial charge in [0.05, 0.1) is 12.6 Å². The molecule has 0 radical (unpaired) electrons. The van der Waals surface area contributed by atoms with Crippen molar-refractivity contribution in [2.24, 2.45) is 0 Å². The highest BCUT2D eigenvalue weighted by Gasteiger charge is 2.22. The van der Waals surface area contributed by atoms with Gasteiger partial charge >= 0.3 is 0 Å². The third kappa shape index (κ3) is 2.78. The molecule has 0 aliphatic heterocycles. The highest BCUT2D eigenvalue weighted by Crippen LogP contribution is 2.37. The van der Waals surface area contributed by atoms with Crippen LogP contribution in [0.4, 0.5) is 5.69 Å². The van der Waals surface area contributed by atoms with Gasteiger partial charge in [0, 0.05) is 27.7 Å². The van der Waals surface area contributed by atoms with E-state index < -0.39 is 0 Å². The molecule has 1 aliphatic rings. The topological polar surface area (TPSA) is 21.3 Å². The van der Waals surface area contributed by atoms with E-state index >= 15 is 0 Å². The lowest BCUT2D eigenvalue weighted by atomic mass is 9.93. The molecule has 2 nitrogen and oxygen atoms in total. The summed E-state index contributed by atoms with van der Waals surface area (Å²) < 4.78 is 6.43. The van der Waals surface area contributed by atoms with Crippen molar-refractivity contribution in [3.63, 3.8) is 0 Å². The smallest absolute Gasteiger partial charge is 0.0744 e. The summed E-state index contributed by atoms with van der Waals surface area (Å²) in [6.45, 7) is 0.618. The molecule has 0 bridgehead atoms. The van der Waals surface area contributed by atoms with E-state index in [1.807, 2.05) is 11.3 Å². The van der Waals surface area contributed by atoms with Gasteiger partial charge in [-0.2, -0.15) is 0 Å². The van der Waals surface area contributed by atoms with Crippen molar-refractivity contribution < 1.29 is 4.74 Å². The average Bonchev–Trinajstić information content (AvgIpc) is 2.92.